The van der Waals surface area contributed by atoms with Gasteiger partial charge in [-0.05, 0) is 26.0 Å². The molecule has 22 heavy (non-hydrogen) atoms. The highest BCUT2D eigenvalue weighted by molar-refractivity contribution is 6.05. The number of nitrogens with one attached hydrogen (secondary N) is 1. The molecule has 2 rings (SSSR count). The predicted octanol–water partition coefficient (Wildman–Crippen LogP) is 3.59. The molecule has 0 amide bonds. The summed E-state index contributed by atoms with van der Waals surface area (Å²) < 4.78 is 0. The first kappa shape index (κ1) is 17.5. The molecule has 0 aliphatic carbocycles. The second kappa shape index (κ2) is 9.37. The van der Waals surface area contributed by atoms with Gasteiger partial charge in [-0.1, -0.05) is 42.5 Å². The normalized spacial score (nSPS) is 10.4. The van der Waals surface area contributed by atoms with Crippen molar-refractivity contribution < 1.29 is 15.0 Å². The van der Waals surface area contributed by atoms with Crippen LogP contribution in [0.15, 0.2) is 66.4 Å². The summed E-state index contributed by atoms with van der Waals surface area (Å²) in [5.41, 5.74) is 1.90. The molecule has 116 valence electrons. The van der Waals surface area contributed by atoms with Gasteiger partial charge in [0.2, 0.25) is 0 Å². The van der Waals surface area contributed by atoms with E-state index in [0.29, 0.717) is 16.9 Å². The van der Waals surface area contributed by atoms with Gasteiger partial charge in [0.25, 0.3) is 0 Å². The van der Waals surface area contributed by atoms with Gasteiger partial charge in [-0.3, -0.25) is 4.79 Å². The average molecular weight is 299 g/mol. The Morgan fingerprint density at radius 3 is 2.23 bits per heavy atom. The molecular formula is C18H21NO3. The third-order valence-corrected chi connectivity index (χ3v) is 2.64. The Labute approximate surface area is 130 Å². The monoisotopic (exact) mass is 299 g/mol. The Kier molecular flexibility index (Phi) is 7.43. The van der Waals surface area contributed by atoms with Crippen molar-refractivity contribution in [3.05, 3.63) is 71.9 Å². The molecule has 2 aromatic rings. The summed E-state index contributed by atoms with van der Waals surface area (Å²) in [5, 5.41) is 20.2. The Morgan fingerprint density at radius 2 is 1.64 bits per heavy atom. The molecule has 3 N–H and O–H groups in total. The van der Waals surface area contributed by atoms with E-state index in [2.05, 4.69) is 5.32 Å². The van der Waals surface area contributed by atoms with Crippen molar-refractivity contribution in [3.8, 4) is 5.75 Å². The molecule has 0 saturated heterocycles. The molecule has 0 spiro atoms. The molecule has 4 nitrogen and oxygen atoms in total. The van der Waals surface area contributed by atoms with E-state index < -0.39 is 0 Å². The zero-order valence-corrected chi connectivity index (χ0v) is 12.8. The van der Waals surface area contributed by atoms with E-state index in [4.69, 9.17) is 5.11 Å². The number of phenols is 1. The lowest BCUT2D eigenvalue weighted by molar-refractivity contribution is 0.104. The third-order valence-electron chi connectivity index (χ3n) is 2.64. The van der Waals surface area contributed by atoms with Crippen LogP contribution in [0.25, 0.3) is 0 Å². The lowest BCUT2D eigenvalue weighted by Gasteiger charge is -2.08. The highest BCUT2D eigenvalue weighted by Crippen LogP contribution is 2.23. The zero-order valence-electron chi connectivity index (χ0n) is 12.8. The SMILES string of the molecule is C/C(=C/C(=O)c1ccccc1)Nc1ccccc1O.CCO. The number of rotatable bonds is 4. The van der Waals surface area contributed by atoms with Gasteiger partial charge in [0, 0.05) is 23.9 Å². The standard InChI is InChI=1S/C16H15NO2.C2H6O/c1-12(17-14-9-5-6-10-15(14)18)11-16(19)13-7-3-2-4-8-13;1-2-3/h2-11,17-18H,1H3;3H,2H2,1H3/b12-11-;. The maximum Gasteiger partial charge on any atom is 0.187 e. The van der Waals surface area contributed by atoms with Crippen molar-refractivity contribution in [2.45, 2.75) is 13.8 Å². The Bertz CT molecular complexity index is 621. The van der Waals surface area contributed by atoms with Crippen molar-refractivity contribution in [2.24, 2.45) is 0 Å². The summed E-state index contributed by atoms with van der Waals surface area (Å²) in [5.74, 6) is 0.0865. The quantitative estimate of drug-likeness (QED) is 0.458. The van der Waals surface area contributed by atoms with Crippen LogP contribution in [-0.4, -0.2) is 22.6 Å². The summed E-state index contributed by atoms with van der Waals surface area (Å²) in [6.45, 7) is 3.72. The van der Waals surface area contributed by atoms with Crippen molar-refractivity contribution in [1.29, 1.82) is 0 Å². The molecule has 0 saturated carbocycles. The minimum absolute atomic E-state index is 0.0685. The predicted molar refractivity (Wildman–Crippen MR) is 89.0 cm³/mol. The summed E-state index contributed by atoms with van der Waals surface area (Å²) in [7, 11) is 0. The summed E-state index contributed by atoms with van der Waals surface area (Å²) >= 11 is 0. The number of ketones is 1. The minimum Gasteiger partial charge on any atom is -0.506 e. The third kappa shape index (κ3) is 5.81. The number of phenolic OH excluding ortho intramolecular Hbond substituents is 1. The number of allylic oxidation sites excluding steroid dienone is 2. The number of carbonyl (C=O) groups is 1. The summed E-state index contributed by atoms with van der Waals surface area (Å²) in [4.78, 5) is 12.0. The van der Waals surface area contributed by atoms with Crippen molar-refractivity contribution >= 4 is 11.5 Å². The number of hydrogen-bond donors (Lipinski definition) is 3. The maximum absolute atomic E-state index is 12.0. The number of aromatic hydroxyl groups is 1. The first-order valence-electron chi connectivity index (χ1n) is 7.02. The molecule has 0 aliphatic heterocycles. The van der Waals surface area contributed by atoms with Crippen LogP contribution < -0.4 is 5.32 Å². The van der Waals surface area contributed by atoms with Crippen molar-refractivity contribution in [1.82, 2.24) is 0 Å². The van der Waals surface area contributed by atoms with E-state index >= 15 is 0 Å². The fourth-order valence-corrected chi connectivity index (χ4v) is 1.71. The zero-order chi connectivity index (χ0) is 16.4. The number of hydrogen-bond acceptors (Lipinski definition) is 4. The largest absolute Gasteiger partial charge is 0.506 e. The van der Waals surface area contributed by atoms with Crippen LogP contribution in [0, 0.1) is 0 Å². The maximum atomic E-state index is 12.0. The average Bonchev–Trinajstić information content (AvgIpc) is 2.51. The lowest BCUT2D eigenvalue weighted by Crippen LogP contribution is -2.01. The Hall–Kier alpha value is -2.59. The second-order valence-corrected chi connectivity index (χ2v) is 4.52. The smallest absolute Gasteiger partial charge is 0.187 e. The van der Waals surface area contributed by atoms with E-state index in [-0.39, 0.29) is 18.1 Å². The molecule has 0 radical (unpaired) electrons. The fraction of sp³-hybridized carbons (Fsp3) is 0.167. The second-order valence-electron chi connectivity index (χ2n) is 4.52. The van der Waals surface area contributed by atoms with Crippen molar-refractivity contribution in [2.75, 3.05) is 11.9 Å². The number of aliphatic hydroxyl groups excluding tert-OH is 1. The Morgan fingerprint density at radius 1 is 1.09 bits per heavy atom. The highest BCUT2D eigenvalue weighted by Gasteiger charge is 2.03. The molecular weight excluding hydrogens is 278 g/mol. The highest BCUT2D eigenvalue weighted by atomic mass is 16.3. The number of aliphatic hydroxyl groups is 1. The molecule has 0 aliphatic rings. The van der Waals surface area contributed by atoms with Gasteiger partial charge < -0.3 is 15.5 Å². The van der Waals surface area contributed by atoms with E-state index in [1.807, 2.05) is 24.3 Å². The number of anilines is 1. The Balaban J connectivity index is 0.000000745. The molecule has 0 fully saturated rings. The molecule has 0 heterocycles. The topological polar surface area (TPSA) is 69.6 Å². The van der Waals surface area contributed by atoms with Crippen LogP contribution >= 0.6 is 0 Å². The van der Waals surface area contributed by atoms with Crippen LogP contribution in [0.1, 0.15) is 24.2 Å². The van der Waals surface area contributed by atoms with Crippen LogP contribution in [-0.2, 0) is 0 Å². The first-order valence-corrected chi connectivity index (χ1v) is 7.02. The van der Waals surface area contributed by atoms with Gasteiger partial charge in [0.1, 0.15) is 5.75 Å². The van der Waals surface area contributed by atoms with Gasteiger partial charge in [-0.25, -0.2) is 0 Å². The van der Waals surface area contributed by atoms with Crippen LogP contribution in [0.5, 0.6) is 5.75 Å². The van der Waals surface area contributed by atoms with E-state index in [0.717, 1.165) is 0 Å². The molecule has 0 unspecified atom stereocenters. The van der Waals surface area contributed by atoms with Gasteiger partial charge >= 0.3 is 0 Å². The van der Waals surface area contributed by atoms with Crippen molar-refractivity contribution in [3.63, 3.8) is 0 Å². The number of carbonyl (C=O) groups excluding carboxylic acids is 1. The molecule has 2 aromatic carbocycles. The van der Waals surface area contributed by atoms with Crippen LogP contribution in [0.4, 0.5) is 5.69 Å². The molecule has 0 bridgehead atoms. The number of benzene rings is 2. The minimum atomic E-state index is -0.0685. The fourth-order valence-electron chi connectivity index (χ4n) is 1.71. The van der Waals surface area contributed by atoms with Crippen LogP contribution in [0.3, 0.4) is 0 Å². The van der Waals surface area contributed by atoms with Gasteiger partial charge in [-0.15, -0.1) is 0 Å². The lowest BCUT2D eigenvalue weighted by atomic mass is 10.1. The van der Waals surface area contributed by atoms with E-state index in [9.17, 15) is 9.90 Å². The van der Waals surface area contributed by atoms with E-state index in [1.165, 1.54) is 6.08 Å². The van der Waals surface area contributed by atoms with Crippen LogP contribution in [0.2, 0.25) is 0 Å². The number of para-hydroxylation sites is 2. The first-order chi connectivity index (χ1) is 10.6. The van der Waals surface area contributed by atoms with Gasteiger partial charge in [0.15, 0.2) is 5.78 Å². The van der Waals surface area contributed by atoms with E-state index in [1.54, 1.807) is 44.2 Å². The molecule has 0 aromatic heterocycles. The molecule has 4 heteroatoms. The van der Waals surface area contributed by atoms with Gasteiger partial charge in [-0.2, -0.15) is 0 Å². The van der Waals surface area contributed by atoms with Gasteiger partial charge in [0.05, 0.1) is 5.69 Å². The summed E-state index contributed by atoms with van der Waals surface area (Å²) in [6.07, 6.45) is 1.52. The molecule has 0 atom stereocenters. The summed E-state index contributed by atoms with van der Waals surface area (Å²) in [6, 6.07) is 16.0.